The summed E-state index contributed by atoms with van der Waals surface area (Å²) < 4.78 is 44.7. The van der Waals surface area contributed by atoms with Crippen LogP contribution in [-0.4, -0.2) is 38.0 Å². The van der Waals surface area contributed by atoms with Crippen molar-refractivity contribution < 1.29 is 27.8 Å². The van der Waals surface area contributed by atoms with Gasteiger partial charge in [0.05, 0.1) is 0 Å². The fraction of sp³-hybridized carbons (Fsp3) is 0.429. The van der Waals surface area contributed by atoms with Gasteiger partial charge < -0.3 is 14.7 Å². The van der Waals surface area contributed by atoms with Crippen LogP contribution in [0.15, 0.2) is 30.0 Å². The molecule has 1 fully saturated rings. The minimum Gasteiger partial charge on any atom is -0.477 e. The van der Waals surface area contributed by atoms with Crippen LogP contribution in [0.2, 0.25) is 0 Å². The molecule has 0 radical (unpaired) electrons. The molecule has 124 valence electrons. The lowest BCUT2D eigenvalue weighted by atomic mass is 10.2. The number of halogens is 3. The van der Waals surface area contributed by atoms with Crippen LogP contribution in [0.25, 0.3) is 0 Å². The van der Waals surface area contributed by atoms with E-state index in [-0.39, 0.29) is 17.6 Å². The molecule has 1 saturated carbocycles. The second kappa shape index (κ2) is 5.32. The Kier molecular flexibility index (Phi) is 3.57. The minimum absolute atomic E-state index is 0.0163. The van der Waals surface area contributed by atoms with Crippen molar-refractivity contribution in [2.24, 2.45) is 7.05 Å². The van der Waals surface area contributed by atoms with E-state index in [9.17, 15) is 23.1 Å². The molecule has 1 aromatic heterocycles. The number of nitrogens with zero attached hydrogens (tertiary/aromatic N) is 3. The summed E-state index contributed by atoms with van der Waals surface area (Å²) in [5, 5.41) is 12.6. The van der Waals surface area contributed by atoms with E-state index < -0.39 is 24.1 Å². The van der Waals surface area contributed by atoms with E-state index in [0.717, 1.165) is 23.6 Å². The standard InChI is InChI=1S/C14H14F3N3O3/c1-19-12(7-10(18-19)14(15,16)17)23-11-4-2-3-9(13(21)22)20(11)8-5-6-8/h2-4,7-8,11H,5-6H2,1H3,(H,21,22). The number of carbonyl (C=O) groups is 1. The number of alkyl halides is 3. The van der Waals surface area contributed by atoms with E-state index in [2.05, 4.69) is 5.10 Å². The summed E-state index contributed by atoms with van der Waals surface area (Å²) in [7, 11) is 1.34. The Balaban J connectivity index is 1.85. The summed E-state index contributed by atoms with van der Waals surface area (Å²) in [6, 6.07) is 0.820. The number of carboxylic acids is 1. The minimum atomic E-state index is -4.57. The normalized spacial score (nSPS) is 21.3. The zero-order chi connectivity index (χ0) is 16.8. The van der Waals surface area contributed by atoms with Gasteiger partial charge in [-0.3, -0.25) is 0 Å². The van der Waals surface area contributed by atoms with Crippen LogP contribution >= 0.6 is 0 Å². The van der Waals surface area contributed by atoms with Gasteiger partial charge in [0.1, 0.15) is 5.70 Å². The second-order valence-electron chi connectivity index (χ2n) is 5.38. The van der Waals surface area contributed by atoms with E-state index >= 15 is 0 Å². The molecule has 23 heavy (non-hydrogen) atoms. The summed E-state index contributed by atoms with van der Waals surface area (Å²) in [6.45, 7) is 0. The predicted octanol–water partition coefficient (Wildman–Crippen LogP) is 2.15. The van der Waals surface area contributed by atoms with E-state index in [1.54, 1.807) is 11.0 Å². The molecular formula is C14H14F3N3O3. The van der Waals surface area contributed by atoms with Gasteiger partial charge in [-0.1, -0.05) is 6.08 Å². The van der Waals surface area contributed by atoms with Gasteiger partial charge >= 0.3 is 12.1 Å². The molecule has 9 heteroatoms. The first-order valence-electron chi connectivity index (χ1n) is 6.95. The predicted molar refractivity (Wildman–Crippen MR) is 72.3 cm³/mol. The fourth-order valence-corrected chi connectivity index (χ4v) is 2.42. The maximum Gasteiger partial charge on any atom is 0.435 e. The van der Waals surface area contributed by atoms with E-state index in [4.69, 9.17) is 4.74 Å². The summed E-state index contributed by atoms with van der Waals surface area (Å²) in [5.74, 6) is -1.18. The average molecular weight is 329 g/mol. The van der Waals surface area contributed by atoms with Crippen LogP contribution in [0.4, 0.5) is 13.2 Å². The largest absolute Gasteiger partial charge is 0.477 e. The van der Waals surface area contributed by atoms with Crippen molar-refractivity contribution in [2.45, 2.75) is 31.3 Å². The Morgan fingerprint density at radius 2 is 2.13 bits per heavy atom. The van der Waals surface area contributed by atoms with Crippen molar-refractivity contribution in [3.63, 3.8) is 0 Å². The molecule has 1 atom stereocenters. The van der Waals surface area contributed by atoms with Gasteiger partial charge in [0.15, 0.2) is 11.9 Å². The third kappa shape index (κ3) is 3.03. The number of ether oxygens (including phenoxy) is 1. The average Bonchev–Trinajstić information content (AvgIpc) is 3.22. The Hall–Kier alpha value is -2.45. The number of carboxylic acid groups (broad SMARTS) is 1. The van der Waals surface area contributed by atoms with Gasteiger partial charge in [-0.15, -0.1) is 0 Å². The molecule has 2 aliphatic rings. The number of hydrogen-bond donors (Lipinski definition) is 1. The highest BCUT2D eigenvalue weighted by Gasteiger charge is 2.40. The maximum atomic E-state index is 12.7. The number of allylic oxidation sites excluding steroid dienone is 2. The summed E-state index contributed by atoms with van der Waals surface area (Å²) in [6.07, 6.45) is 0.860. The number of aromatic nitrogens is 2. The molecule has 0 saturated heterocycles. The lowest BCUT2D eigenvalue weighted by Crippen LogP contribution is -2.43. The van der Waals surface area contributed by atoms with Crippen molar-refractivity contribution in [1.29, 1.82) is 0 Å². The smallest absolute Gasteiger partial charge is 0.435 e. The highest BCUT2D eigenvalue weighted by molar-refractivity contribution is 5.86. The molecule has 2 heterocycles. The van der Waals surface area contributed by atoms with Crippen LogP contribution in [-0.2, 0) is 18.0 Å². The fourth-order valence-electron chi connectivity index (χ4n) is 2.42. The molecule has 1 N–H and O–H groups in total. The van der Waals surface area contributed by atoms with Gasteiger partial charge in [0.25, 0.3) is 0 Å². The number of hydrogen-bond acceptors (Lipinski definition) is 4. The quantitative estimate of drug-likeness (QED) is 0.917. The number of aliphatic carboxylic acids is 1. The first-order valence-corrected chi connectivity index (χ1v) is 6.95. The first kappa shape index (κ1) is 15.4. The first-order chi connectivity index (χ1) is 10.8. The van der Waals surface area contributed by atoms with E-state index in [1.165, 1.54) is 19.2 Å². The van der Waals surface area contributed by atoms with Gasteiger partial charge in [0.2, 0.25) is 5.88 Å². The summed E-state index contributed by atoms with van der Waals surface area (Å²) >= 11 is 0. The molecule has 1 aliphatic heterocycles. The summed E-state index contributed by atoms with van der Waals surface area (Å²) in [4.78, 5) is 12.9. The Labute approximate surface area is 129 Å². The third-order valence-corrected chi connectivity index (χ3v) is 3.61. The molecule has 1 unspecified atom stereocenters. The highest BCUT2D eigenvalue weighted by Crippen LogP contribution is 2.36. The van der Waals surface area contributed by atoms with Gasteiger partial charge in [-0.2, -0.15) is 18.3 Å². The zero-order valence-electron chi connectivity index (χ0n) is 12.1. The topological polar surface area (TPSA) is 67.6 Å². The molecule has 1 aromatic rings. The number of aryl methyl sites for hydroxylation is 1. The van der Waals surface area contributed by atoms with Crippen molar-refractivity contribution in [2.75, 3.05) is 0 Å². The molecule has 0 amide bonds. The van der Waals surface area contributed by atoms with Crippen LogP contribution in [0, 0.1) is 0 Å². The van der Waals surface area contributed by atoms with Crippen LogP contribution in [0.1, 0.15) is 18.5 Å². The summed E-state index contributed by atoms with van der Waals surface area (Å²) in [5.41, 5.74) is -0.986. The SMILES string of the molecule is Cn1nc(C(F)(F)F)cc1OC1C=CC=C(C(=O)O)N1C1CC1. The van der Waals surface area contributed by atoms with Crippen molar-refractivity contribution >= 4 is 5.97 Å². The van der Waals surface area contributed by atoms with Gasteiger partial charge in [-0.25, -0.2) is 9.48 Å². The molecule has 0 spiro atoms. The lowest BCUT2D eigenvalue weighted by molar-refractivity contribution is -0.141. The molecule has 6 nitrogen and oxygen atoms in total. The van der Waals surface area contributed by atoms with Crippen molar-refractivity contribution in [3.05, 3.63) is 35.7 Å². The second-order valence-corrected chi connectivity index (χ2v) is 5.38. The van der Waals surface area contributed by atoms with E-state index in [0.29, 0.717) is 0 Å². The van der Waals surface area contributed by atoms with Gasteiger partial charge in [-0.05, 0) is 25.0 Å². The van der Waals surface area contributed by atoms with Crippen molar-refractivity contribution in [3.8, 4) is 5.88 Å². The van der Waals surface area contributed by atoms with E-state index in [1.807, 2.05) is 0 Å². The maximum absolute atomic E-state index is 12.7. The Bertz CT molecular complexity index is 689. The molecule has 0 bridgehead atoms. The molecular weight excluding hydrogens is 315 g/mol. The van der Waals surface area contributed by atoms with Gasteiger partial charge in [0, 0.05) is 19.2 Å². The van der Waals surface area contributed by atoms with Crippen molar-refractivity contribution in [1.82, 2.24) is 14.7 Å². The Morgan fingerprint density at radius 1 is 1.43 bits per heavy atom. The monoisotopic (exact) mass is 329 g/mol. The van der Waals surface area contributed by atoms with Crippen LogP contribution in [0.3, 0.4) is 0 Å². The van der Waals surface area contributed by atoms with Crippen LogP contribution < -0.4 is 4.74 Å². The molecule has 0 aromatic carbocycles. The lowest BCUT2D eigenvalue weighted by Gasteiger charge is -2.33. The Morgan fingerprint density at radius 3 is 2.65 bits per heavy atom. The van der Waals surface area contributed by atoms with Crippen LogP contribution in [0.5, 0.6) is 5.88 Å². The zero-order valence-corrected chi connectivity index (χ0v) is 12.1. The highest BCUT2D eigenvalue weighted by atomic mass is 19.4. The number of rotatable bonds is 4. The molecule has 1 aliphatic carbocycles. The molecule has 3 rings (SSSR count). The third-order valence-electron chi connectivity index (χ3n) is 3.61.